The van der Waals surface area contributed by atoms with E-state index in [4.69, 9.17) is 4.74 Å². The summed E-state index contributed by atoms with van der Waals surface area (Å²) in [6.07, 6.45) is 4.92. The molecule has 3 rings (SSSR count). The van der Waals surface area contributed by atoms with Crippen molar-refractivity contribution in [1.29, 1.82) is 0 Å². The second kappa shape index (κ2) is 3.35. The standard InChI is InChI=1S/C12H12OS/c1-3-7-11-9(5-1)13-10-6-2-4-8-12(10)14-11/h1,3,5,7H,2,4,6,8H2. The fraction of sp³-hybridized carbons (Fsp3) is 0.333. The van der Waals surface area contributed by atoms with Crippen LogP contribution < -0.4 is 4.74 Å². The lowest BCUT2D eigenvalue weighted by molar-refractivity contribution is 0.369. The Kier molecular flexibility index (Phi) is 2.02. The van der Waals surface area contributed by atoms with Gasteiger partial charge in [-0.2, -0.15) is 0 Å². The first-order valence-electron chi connectivity index (χ1n) is 5.10. The minimum Gasteiger partial charge on any atom is -0.460 e. The number of benzene rings is 1. The van der Waals surface area contributed by atoms with E-state index in [2.05, 4.69) is 18.2 Å². The summed E-state index contributed by atoms with van der Waals surface area (Å²) in [4.78, 5) is 2.73. The molecule has 1 aromatic carbocycles. The summed E-state index contributed by atoms with van der Waals surface area (Å²) < 4.78 is 5.89. The molecule has 1 heterocycles. The molecular formula is C12H12OS. The third-order valence-corrected chi connectivity index (χ3v) is 3.92. The van der Waals surface area contributed by atoms with Crippen LogP contribution in [0.3, 0.4) is 0 Å². The summed E-state index contributed by atoms with van der Waals surface area (Å²) in [6, 6.07) is 8.30. The van der Waals surface area contributed by atoms with E-state index in [1.165, 1.54) is 34.8 Å². The largest absolute Gasteiger partial charge is 0.460 e. The second-order valence-electron chi connectivity index (χ2n) is 3.70. The van der Waals surface area contributed by atoms with Crippen LogP contribution in [-0.4, -0.2) is 0 Å². The summed E-state index contributed by atoms with van der Waals surface area (Å²) >= 11 is 1.90. The fourth-order valence-corrected chi connectivity index (χ4v) is 3.08. The van der Waals surface area contributed by atoms with Crippen molar-refractivity contribution in [2.24, 2.45) is 0 Å². The van der Waals surface area contributed by atoms with Crippen molar-refractivity contribution in [2.45, 2.75) is 30.6 Å². The Morgan fingerprint density at radius 1 is 1.07 bits per heavy atom. The van der Waals surface area contributed by atoms with Crippen LogP contribution in [0.15, 0.2) is 39.8 Å². The van der Waals surface area contributed by atoms with Gasteiger partial charge in [0.25, 0.3) is 0 Å². The summed E-state index contributed by atoms with van der Waals surface area (Å²) in [7, 11) is 0. The number of para-hydroxylation sites is 1. The van der Waals surface area contributed by atoms with Crippen LogP contribution in [0.2, 0.25) is 0 Å². The van der Waals surface area contributed by atoms with E-state index < -0.39 is 0 Å². The van der Waals surface area contributed by atoms with Crippen LogP contribution in [0.5, 0.6) is 5.75 Å². The Hall–Kier alpha value is -0.890. The first-order valence-corrected chi connectivity index (χ1v) is 5.92. The maximum atomic E-state index is 5.89. The maximum Gasteiger partial charge on any atom is 0.140 e. The monoisotopic (exact) mass is 204 g/mol. The first-order chi connectivity index (χ1) is 6.93. The topological polar surface area (TPSA) is 9.23 Å². The highest BCUT2D eigenvalue weighted by molar-refractivity contribution is 8.03. The number of allylic oxidation sites excluding steroid dienone is 2. The van der Waals surface area contributed by atoms with Crippen molar-refractivity contribution in [3.05, 3.63) is 34.9 Å². The smallest absolute Gasteiger partial charge is 0.140 e. The predicted octanol–water partition coefficient (Wildman–Crippen LogP) is 3.96. The molecule has 0 bridgehead atoms. The van der Waals surface area contributed by atoms with Gasteiger partial charge in [0, 0.05) is 11.3 Å². The predicted molar refractivity (Wildman–Crippen MR) is 58.4 cm³/mol. The molecule has 2 aliphatic rings. The lowest BCUT2D eigenvalue weighted by Gasteiger charge is -2.25. The average molecular weight is 204 g/mol. The Morgan fingerprint density at radius 3 is 2.93 bits per heavy atom. The van der Waals surface area contributed by atoms with Crippen LogP contribution in [0.1, 0.15) is 25.7 Å². The Balaban J connectivity index is 1.99. The highest BCUT2D eigenvalue weighted by Gasteiger charge is 2.22. The number of rotatable bonds is 0. The zero-order valence-electron chi connectivity index (χ0n) is 7.95. The van der Waals surface area contributed by atoms with Crippen molar-refractivity contribution >= 4 is 11.8 Å². The van der Waals surface area contributed by atoms with Gasteiger partial charge in [0.05, 0.1) is 4.90 Å². The lowest BCUT2D eigenvalue weighted by Crippen LogP contribution is -2.08. The third kappa shape index (κ3) is 1.34. The molecule has 1 nitrogen and oxygen atoms in total. The third-order valence-electron chi connectivity index (χ3n) is 2.68. The van der Waals surface area contributed by atoms with Gasteiger partial charge in [-0.25, -0.2) is 0 Å². The van der Waals surface area contributed by atoms with E-state index in [9.17, 15) is 0 Å². The van der Waals surface area contributed by atoms with Crippen LogP contribution >= 0.6 is 11.8 Å². The first kappa shape index (κ1) is 8.42. The SMILES string of the molecule is c1ccc2c(c1)OC1=C(CCCC1)S2. The molecule has 0 aromatic heterocycles. The summed E-state index contributed by atoms with van der Waals surface area (Å²) in [6.45, 7) is 0. The zero-order chi connectivity index (χ0) is 9.38. The molecule has 0 saturated heterocycles. The quantitative estimate of drug-likeness (QED) is 0.632. The summed E-state index contributed by atoms with van der Waals surface area (Å²) in [5.74, 6) is 2.26. The van der Waals surface area contributed by atoms with E-state index in [0.29, 0.717) is 0 Å². The van der Waals surface area contributed by atoms with E-state index in [1.807, 2.05) is 17.8 Å². The molecule has 0 saturated carbocycles. The van der Waals surface area contributed by atoms with E-state index in [0.717, 1.165) is 12.2 Å². The molecule has 1 aromatic rings. The molecule has 0 spiro atoms. The number of ether oxygens (including phenoxy) is 1. The average Bonchev–Trinajstić information content (AvgIpc) is 2.26. The molecule has 0 atom stereocenters. The molecule has 14 heavy (non-hydrogen) atoms. The Labute approximate surface area is 88.2 Å². The van der Waals surface area contributed by atoms with Crippen molar-refractivity contribution in [1.82, 2.24) is 0 Å². The van der Waals surface area contributed by atoms with Gasteiger partial charge in [-0.1, -0.05) is 23.9 Å². The Morgan fingerprint density at radius 2 is 1.93 bits per heavy atom. The van der Waals surface area contributed by atoms with Gasteiger partial charge in [0.2, 0.25) is 0 Å². The van der Waals surface area contributed by atoms with Gasteiger partial charge in [0.1, 0.15) is 11.5 Å². The molecule has 72 valence electrons. The molecule has 0 amide bonds. The number of fused-ring (bicyclic) bond motifs is 1. The van der Waals surface area contributed by atoms with Crippen molar-refractivity contribution < 1.29 is 4.74 Å². The molecule has 0 fully saturated rings. The van der Waals surface area contributed by atoms with E-state index in [1.54, 1.807) is 0 Å². The van der Waals surface area contributed by atoms with Crippen LogP contribution in [0.4, 0.5) is 0 Å². The maximum absolute atomic E-state index is 5.89. The normalized spacial score (nSPS) is 19.7. The van der Waals surface area contributed by atoms with Crippen LogP contribution in [0.25, 0.3) is 0 Å². The molecule has 0 unspecified atom stereocenters. The highest BCUT2D eigenvalue weighted by atomic mass is 32.2. The summed E-state index contributed by atoms with van der Waals surface area (Å²) in [5.41, 5.74) is 0. The Bertz CT molecular complexity index is 358. The van der Waals surface area contributed by atoms with Crippen LogP contribution in [-0.2, 0) is 0 Å². The number of thioether (sulfide) groups is 1. The molecule has 2 heteroatoms. The van der Waals surface area contributed by atoms with E-state index >= 15 is 0 Å². The molecule has 1 aliphatic carbocycles. The second-order valence-corrected chi connectivity index (χ2v) is 4.84. The van der Waals surface area contributed by atoms with Gasteiger partial charge in [-0.15, -0.1) is 0 Å². The van der Waals surface area contributed by atoms with E-state index in [-0.39, 0.29) is 0 Å². The number of hydrogen-bond acceptors (Lipinski definition) is 2. The van der Waals surface area contributed by atoms with Gasteiger partial charge < -0.3 is 4.74 Å². The van der Waals surface area contributed by atoms with Gasteiger partial charge in [0.15, 0.2) is 0 Å². The van der Waals surface area contributed by atoms with Crippen molar-refractivity contribution in [3.8, 4) is 5.75 Å². The van der Waals surface area contributed by atoms with Gasteiger partial charge >= 0.3 is 0 Å². The molecular weight excluding hydrogens is 192 g/mol. The van der Waals surface area contributed by atoms with Crippen molar-refractivity contribution in [3.63, 3.8) is 0 Å². The highest BCUT2D eigenvalue weighted by Crippen LogP contribution is 2.46. The van der Waals surface area contributed by atoms with Crippen LogP contribution in [0, 0.1) is 0 Å². The van der Waals surface area contributed by atoms with Gasteiger partial charge in [-0.3, -0.25) is 0 Å². The summed E-state index contributed by atoms with van der Waals surface area (Å²) in [5, 5.41) is 0. The fourth-order valence-electron chi connectivity index (χ4n) is 1.95. The van der Waals surface area contributed by atoms with Gasteiger partial charge in [-0.05, 0) is 31.4 Å². The molecule has 1 aliphatic heterocycles. The van der Waals surface area contributed by atoms with Crippen molar-refractivity contribution in [2.75, 3.05) is 0 Å². The molecule has 0 radical (unpaired) electrons. The minimum atomic E-state index is 1.04. The lowest BCUT2D eigenvalue weighted by atomic mass is 10.1. The number of hydrogen-bond donors (Lipinski definition) is 0. The minimum absolute atomic E-state index is 1.04. The molecule has 0 N–H and O–H groups in total. The zero-order valence-corrected chi connectivity index (χ0v) is 8.77.